The van der Waals surface area contributed by atoms with Crippen LogP contribution in [-0.2, 0) is 6.61 Å². The Hall–Kier alpha value is -1.20. The molecule has 0 bridgehead atoms. The van der Waals surface area contributed by atoms with E-state index in [-0.39, 0.29) is 6.61 Å². The van der Waals surface area contributed by atoms with Crippen LogP contribution in [0.4, 0.5) is 0 Å². The molecule has 6 heteroatoms. The maximum Gasteiger partial charge on any atom is 0.492 e. The van der Waals surface area contributed by atoms with E-state index in [9.17, 15) is 10.0 Å². The Morgan fingerprint density at radius 3 is 2.35 bits per heavy atom. The Balaban J connectivity index is 2.23. The third-order valence-electron chi connectivity index (χ3n) is 2.88. The molecule has 0 heterocycles. The minimum atomic E-state index is -1.59. The normalized spacial score (nSPS) is 10.4. The lowest BCUT2D eigenvalue weighted by Gasteiger charge is -2.13. The number of rotatable bonds is 4. The second-order valence-corrected chi connectivity index (χ2v) is 5.22. The lowest BCUT2D eigenvalue weighted by atomic mass is 9.79. The van der Waals surface area contributed by atoms with Gasteiger partial charge < -0.3 is 14.8 Å². The third kappa shape index (κ3) is 3.47. The molecular weight excluding hydrogens is 298 g/mol. The average Bonchev–Trinajstić information content (AvgIpc) is 2.39. The van der Waals surface area contributed by atoms with Crippen LogP contribution in [0.1, 0.15) is 11.1 Å². The molecule has 104 valence electrons. The Bertz CT molecular complexity index is 597. The second kappa shape index (κ2) is 6.50. The average molecular weight is 311 g/mol. The minimum absolute atomic E-state index is 0.154. The van der Waals surface area contributed by atoms with Gasteiger partial charge in [0.15, 0.2) is 0 Å². The van der Waals surface area contributed by atoms with Crippen LogP contribution in [0.2, 0.25) is 10.0 Å². The van der Waals surface area contributed by atoms with Crippen molar-refractivity contribution >= 4 is 35.8 Å². The summed E-state index contributed by atoms with van der Waals surface area (Å²) in [4.78, 5) is 0. The van der Waals surface area contributed by atoms with E-state index >= 15 is 0 Å². The highest BCUT2D eigenvalue weighted by atomic mass is 35.5. The van der Waals surface area contributed by atoms with E-state index in [4.69, 9.17) is 27.9 Å². The van der Waals surface area contributed by atoms with Gasteiger partial charge in [0.2, 0.25) is 0 Å². The van der Waals surface area contributed by atoms with Gasteiger partial charge in [0, 0.05) is 21.1 Å². The summed E-state index contributed by atoms with van der Waals surface area (Å²) in [6.45, 7) is 2.02. The van der Waals surface area contributed by atoms with Crippen molar-refractivity contribution in [2.75, 3.05) is 0 Å². The fourth-order valence-corrected chi connectivity index (χ4v) is 2.33. The van der Waals surface area contributed by atoms with Crippen molar-refractivity contribution in [1.82, 2.24) is 0 Å². The molecule has 0 aliphatic carbocycles. The fraction of sp³-hybridized carbons (Fsp3) is 0.143. The van der Waals surface area contributed by atoms with Crippen LogP contribution in [0.15, 0.2) is 36.4 Å². The number of ether oxygens (including phenoxy) is 1. The first kappa shape index (κ1) is 15.2. The van der Waals surface area contributed by atoms with Gasteiger partial charge in [-0.15, -0.1) is 0 Å². The number of hydrogen-bond donors (Lipinski definition) is 2. The van der Waals surface area contributed by atoms with Crippen molar-refractivity contribution in [1.29, 1.82) is 0 Å². The van der Waals surface area contributed by atoms with Gasteiger partial charge in [-0.25, -0.2) is 0 Å². The molecule has 2 N–H and O–H groups in total. The molecule has 0 aliphatic heterocycles. The number of aryl methyl sites for hydroxylation is 1. The lowest BCUT2D eigenvalue weighted by molar-refractivity contribution is 0.307. The molecule has 2 aromatic carbocycles. The summed E-state index contributed by atoms with van der Waals surface area (Å²) in [5.74, 6) is 0.390. The largest absolute Gasteiger partial charge is 0.492 e. The van der Waals surface area contributed by atoms with E-state index in [1.54, 1.807) is 30.3 Å². The summed E-state index contributed by atoms with van der Waals surface area (Å²) in [6.07, 6.45) is 0. The molecule has 0 amide bonds. The third-order valence-corrected chi connectivity index (χ3v) is 3.59. The molecule has 0 unspecified atom stereocenters. The first-order valence-corrected chi connectivity index (χ1v) is 6.77. The Kier molecular flexibility index (Phi) is 4.94. The van der Waals surface area contributed by atoms with Gasteiger partial charge >= 0.3 is 7.12 Å². The molecule has 20 heavy (non-hydrogen) atoms. The quantitative estimate of drug-likeness (QED) is 0.853. The van der Waals surface area contributed by atoms with Crippen molar-refractivity contribution in [2.45, 2.75) is 13.5 Å². The van der Waals surface area contributed by atoms with E-state index in [1.807, 2.05) is 13.0 Å². The highest BCUT2D eigenvalue weighted by Crippen LogP contribution is 2.25. The molecule has 2 aromatic rings. The summed E-state index contributed by atoms with van der Waals surface area (Å²) in [7, 11) is -1.59. The fourth-order valence-electron chi connectivity index (χ4n) is 1.82. The van der Waals surface area contributed by atoms with E-state index < -0.39 is 7.12 Å². The van der Waals surface area contributed by atoms with Crippen LogP contribution in [0.5, 0.6) is 5.75 Å². The van der Waals surface area contributed by atoms with Crippen LogP contribution in [0.25, 0.3) is 0 Å². The minimum Gasteiger partial charge on any atom is -0.489 e. The maximum absolute atomic E-state index is 9.36. The summed E-state index contributed by atoms with van der Waals surface area (Å²) < 4.78 is 5.61. The van der Waals surface area contributed by atoms with Crippen molar-refractivity contribution in [3.05, 3.63) is 57.6 Å². The molecule has 0 saturated heterocycles. The molecule has 0 aliphatic rings. The SMILES string of the molecule is Cc1ccc(OCc2c(Cl)cccc2Cl)c(B(O)O)c1. The van der Waals surface area contributed by atoms with Crippen molar-refractivity contribution in [3.63, 3.8) is 0 Å². The molecule has 0 spiro atoms. The predicted molar refractivity (Wildman–Crippen MR) is 81.8 cm³/mol. The Morgan fingerprint density at radius 1 is 1.10 bits per heavy atom. The van der Waals surface area contributed by atoms with Gasteiger partial charge in [0.25, 0.3) is 0 Å². The predicted octanol–water partition coefficient (Wildman–Crippen LogP) is 2.56. The smallest absolute Gasteiger partial charge is 0.489 e. The standard InChI is InChI=1S/C14H13BCl2O3/c1-9-5-6-14(11(7-9)15(18)19)20-8-10-12(16)3-2-4-13(10)17/h2-7,18-19H,8H2,1H3. The molecule has 0 saturated carbocycles. The molecule has 0 radical (unpaired) electrons. The van der Waals surface area contributed by atoms with Crippen LogP contribution in [0, 0.1) is 6.92 Å². The summed E-state index contributed by atoms with van der Waals surface area (Å²) in [6, 6.07) is 10.4. The van der Waals surface area contributed by atoms with Crippen LogP contribution >= 0.6 is 23.2 Å². The van der Waals surface area contributed by atoms with E-state index in [0.29, 0.717) is 26.8 Å². The van der Waals surface area contributed by atoms with Crippen LogP contribution < -0.4 is 10.2 Å². The number of hydrogen-bond acceptors (Lipinski definition) is 3. The Morgan fingerprint density at radius 2 is 1.75 bits per heavy atom. The molecule has 0 fully saturated rings. The number of halogens is 2. The molecule has 3 nitrogen and oxygen atoms in total. The van der Waals surface area contributed by atoms with Gasteiger partial charge in [0.05, 0.1) is 0 Å². The van der Waals surface area contributed by atoms with Crippen LogP contribution in [-0.4, -0.2) is 17.2 Å². The van der Waals surface area contributed by atoms with E-state index in [1.165, 1.54) is 0 Å². The van der Waals surface area contributed by atoms with Crippen LogP contribution in [0.3, 0.4) is 0 Å². The topological polar surface area (TPSA) is 49.7 Å². The van der Waals surface area contributed by atoms with Crippen molar-refractivity contribution < 1.29 is 14.8 Å². The first-order chi connectivity index (χ1) is 9.49. The highest BCUT2D eigenvalue weighted by molar-refractivity contribution is 6.59. The zero-order valence-corrected chi connectivity index (χ0v) is 12.3. The van der Waals surface area contributed by atoms with Crippen molar-refractivity contribution in [3.8, 4) is 5.75 Å². The van der Waals surface area contributed by atoms with Gasteiger partial charge in [-0.3, -0.25) is 0 Å². The summed E-state index contributed by atoms with van der Waals surface area (Å²) >= 11 is 12.1. The van der Waals surface area contributed by atoms with E-state index in [2.05, 4.69) is 0 Å². The zero-order valence-electron chi connectivity index (χ0n) is 10.8. The second-order valence-electron chi connectivity index (χ2n) is 4.40. The summed E-state index contributed by atoms with van der Waals surface area (Å²) in [5.41, 5.74) is 1.89. The monoisotopic (exact) mass is 310 g/mol. The van der Waals surface area contributed by atoms with Gasteiger partial charge in [-0.1, -0.05) is 47.0 Å². The van der Waals surface area contributed by atoms with Crippen molar-refractivity contribution in [2.24, 2.45) is 0 Å². The Labute approximate surface area is 127 Å². The van der Waals surface area contributed by atoms with Gasteiger partial charge in [0.1, 0.15) is 12.4 Å². The molecule has 0 atom stereocenters. The molecular formula is C14H13BCl2O3. The van der Waals surface area contributed by atoms with E-state index in [0.717, 1.165) is 5.56 Å². The first-order valence-electron chi connectivity index (χ1n) is 6.01. The molecule has 0 aromatic heterocycles. The van der Waals surface area contributed by atoms with Gasteiger partial charge in [-0.2, -0.15) is 0 Å². The lowest BCUT2D eigenvalue weighted by Crippen LogP contribution is -2.31. The summed E-state index contributed by atoms with van der Waals surface area (Å²) in [5, 5.41) is 19.7. The molecule has 2 rings (SSSR count). The maximum atomic E-state index is 9.36. The number of benzene rings is 2. The highest BCUT2D eigenvalue weighted by Gasteiger charge is 2.18. The zero-order chi connectivity index (χ0) is 14.7. The van der Waals surface area contributed by atoms with Gasteiger partial charge in [-0.05, 0) is 25.1 Å².